The number of nitrogens with zero attached hydrogens (tertiary/aromatic N) is 4. The molecule has 2 fully saturated rings. The van der Waals surface area contributed by atoms with Crippen molar-refractivity contribution in [3.8, 4) is 0 Å². The summed E-state index contributed by atoms with van der Waals surface area (Å²) >= 11 is 0. The van der Waals surface area contributed by atoms with Crippen LogP contribution in [0.5, 0.6) is 0 Å². The van der Waals surface area contributed by atoms with Crippen LogP contribution in [0, 0.1) is 0 Å². The summed E-state index contributed by atoms with van der Waals surface area (Å²) in [6.07, 6.45) is 3.31. The lowest BCUT2D eigenvalue weighted by Crippen LogP contribution is -2.62. The molecule has 120 valence electrons. The monoisotopic (exact) mass is 312 g/mol. The van der Waals surface area contributed by atoms with E-state index >= 15 is 0 Å². The SMILES string of the molecule is C[C@H]1COC[C@H]2CN(C(=O)c3ccc4nccnc4c3)CCN21. The number of morpholine rings is 1. The molecule has 0 aliphatic carbocycles. The van der Waals surface area contributed by atoms with E-state index in [-0.39, 0.29) is 5.91 Å². The van der Waals surface area contributed by atoms with E-state index in [0.717, 1.165) is 37.3 Å². The molecular formula is C17H20N4O2. The second kappa shape index (κ2) is 5.86. The first kappa shape index (κ1) is 14.5. The topological polar surface area (TPSA) is 58.6 Å². The maximum absolute atomic E-state index is 12.8. The van der Waals surface area contributed by atoms with E-state index in [2.05, 4.69) is 21.8 Å². The molecule has 2 saturated heterocycles. The molecule has 4 rings (SSSR count). The molecule has 2 atom stereocenters. The predicted octanol–water partition coefficient (Wildman–Crippen LogP) is 1.17. The summed E-state index contributed by atoms with van der Waals surface area (Å²) in [6, 6.07) is 6.26. The van der Waals surface area contributed by atoms with Gasteiger partial charge < -0.3 is 9.64 Å². The first-order valence-corrected chi connectivity index (χ1v) is 8.06. The Morgan fingerprint density at radius 2 is 2.00 bits per heavy atom. The minimum absolute atomic E-state index is 0.0652. The molecule has 0 saturated carbocycles. The van der Waals surface area contributed by atoms with Crippen molar-refractivity contribution in [2.45, 2.75) is 19.0 Å². The van der Waals surface area contributed by atoms with Gasteiger partial charge in [0, 0.05) is 43.6 Å². The number of hydrogen-bond donors (Lipinski definition) is 0. The number of hydrogen-bond acceptors (Lipinski definition) is 5. The number of carbonyl (C=O) groups excluding carboxylic acids is 1. The van der Waals surface area contributed by atoms with Crippen LogP contribution in [-0.2, 0) is 4.74 Å². The van der Waals surface area contributed by atoms with Crippen LogP contribution < -0.4 is 0 Å². The lowest BCUT2D eigenvalue weighted by molar-refractivity contribution is -0.0699. The average Bonchev–Trinajstić information content (AvgIpc) is 2.60. The molecule has 23 heavy (non-hydrogen) atoms. The van der Waals surface area contributed by atoms with E-state index in [4.69, 9.17) is 4.74 Å². The van der Waals surface area contributed by atoms with E-state index in [1.165, 1.54) is 0 Å². The first-order valence-electron chi connectivity index (χ1n) is 8.06. The highest BCUT2D eigenvalue weighted by atomic mass is 16.5. The zero-order valence-electron chi connectivity index (χ0n) is 13.2. The highest BCUT2D eigenvalue weighted by Gasteiger charge is 2.35. The molecule has 6 nitrogen and oxygen atoms in total. The van der Waals surface area contributed by atoms with Gasteiger partial charge in [-0.3, -0.25) is 19.7 Å². The van der Waals surface area contributed by atoms with E-state index in [1.807, 2.05) is 23.1 Å². The zero-order valence-corrected chi connectivity index (χ0v) is 13.2. The van der Waals surface area contributed by atoms with Crippen LogP contribution in [-0.4, -0.2) is 70.6 Å². The summed E-state index contributed by atoms with van der Waals surface area (Å²) in [5.41, 5.74) is 2.24. The Labute approximate surface area is 135 Å². The van der Waals surface area contributed by atoms with Crippen molar-refractivity contribution in [1.29, 1.82) is 0 Å². The summed E-state index contributed by atoms with van der Waals surface area (Å²) in [6.45, 7) is 6.07. The van der Waals surface area contributed by atoms with Gasteiger partial charge in [0.05, 0.1) is 30.3 Å². The van der Waals surface area contributed by atoms with Crippen molar-refractivity contribution in [3.05, 3.63) is 36.2 Å². The molecule has 1 aromatic carbocycles. The van der Waals surface area contributed by atoms with Gasteiger partial charge in [0.1, 0.15) is 0 Å². The minimum atomic E-state index is 0.0652. The maximum Gasteiger partial charge on any atom is 0.254 e. The number of amides is 1. The van der Waals surface area contributed by atoms with Crippen LogP contribution in [0.15, 0.2) is 30.6 Å². The molecule has 1 aromatic heterocycles. The van der Waals surface area contributed by atoms with Crippen molar-refractivity contribution >= 4 is 16.9 Å². The number of fused-ring (bicyclic) bond motifs is 2. The zero-order chi connectivity index (χ0) is 15.8. The van der Waals surface area contributed by atoms with Crippen LogP contribution in [0.25, 0.3) is 11.0 Å². The van der Waals surface area contributed by atoms with Crippen molar-refractivity contribution < 1.29 is 9.53 Å². The van der Waals surface area contributed by atoms with Crippen LogP contribution in [0.2, 0.25) is 0 Å². The normalized spacial score (nSPS) is 25.3. The quantitative estimate of drug-likeness (QED) is 0.791. The Balaban J connectivity index is 1.54. The summed E-state index contributed by atoms with van der Waals surface area (Å²) in [7, 11) is 0. The van der Waals surface area contributed by atoms with Crippen LogP contribution in [0.1, 0.15) is 17.3 Å². The van der Waals surface area contributed by atoms with Crippen LogP contribution in [0.3, 0.4) is 0 Å². The van der Waals surface area contributed by atoms with Gasteiger partial charge >= 0.3 is 0 Å². The minimum Gasteiger partial charge on any atom is -0.378 e. The Hall–Kier alpha value is -2.05. The van der Waals surface area contributed by atoms with E-state index in [0.29, 0.717) is 24.3 Å². The highest BCUT2D eigenvalue weighted by molar-refractivity contribution is 5.97. The average molecular weight is 312 g/mol. The maximum atomic E-state index is 12.8. The van der Waals surface area contributed by atoms with Crippen LogP contribution >= 0.6 is 0 Å². The van der Waals surface area contributed by atoms with Gasteiger partial charge in [0.15, 0.2) is 0 Å². The summed E-state index contributed by atoms with van der Waals surface area (Å²) in [5.74, 6) is 0.0652. The van der Waals surface area contributed by atoms with Crippen LogP contribution in [0.4, 0.5) is 0 Å². The summed E-state index contributed by atoms with van der Waals surface area (Å²) in [5, 5.41) is 0. The Morgan fingerprint density at radius 1 is 1.17 bits per heavy atom. The van der Waals surface area contributed by atoms with Gasteiger partial charge in [-0.2, -0.15) is 0 Å². The van der Waals surface area contributed by atoms with Gasteiger partial charge in [-0.25, -0.2) is 0 Å². The van der Waals surface area contributed by atoms with Gasteiger partial charge in [-0.05, 0) is 25.1 Å². The van der Waals surface area contributed by atoms with E-state index < -0.39 is 0 Å². The highest BCUT2D eigenvalue weighted by Crippen LogP contribution is 2.20. The van der Waals surface area contributed by atoms with Gasteiger partial charge in [-0.1, -0.05) is 0 Å². The number of aromatic nitrogens is 2. The van der Waals surface area contributed by atoms with Crippen molar-refractivity contribution in [2.24, 2.45) is 0 Å². The summed E-state index contributed by atoms with van der Waals surface area (Å²) < 4.78 is 5.64. The molecule has 0 spiro atoms. The lowest BCUT2D eigenvalue weighted by Gasteiger charge is -2.47. The summed E-state index contributed by atoms with van der Waals surface area (Å²) in [4.78, 5) is 25.7. The smallest absolute Gasteiger partial charge is 0.254 e. The fraction of sp³-hybridized carbons (Fsp3) is 0.471. The third-order valence-electron chi connectivity index (χ3n) is 4.77. The molecule has 2 aromatic rings. The second-order valence-electron chi connectivity index (χ2n) is 6.29. The second-order valence-corrected chi connectivity index (χ2v) is 6.29. The standard InChI is InChI=1S/C17H20N4O2/c1-12-10-23-11-14-9-20(6-7-21(12)14)17(22)13-2-3-15-16(8-13)19-5-4-18-15/h2-5,8,12,14H,6-7,9-11H2,1H3/t12-,14+/m0/s1. The number of benzene rings is 1. The molecular weight excluding hydrogens is 292 g/mol. The van der Waals surface area contributed by atoms with Crippen molar-refractivity contribution in [1.82, 2.24) is 19.8 Å². The van der Waals surface area contributed by atoms with Gasteiger partial charge in [-0.15, -0.1) is 0 Å². The lowest BCUT2D eigenvalue weighted by atomic mass is 10.1. The third-order valence-corrected chi connectivity index (χ3v) is 4.77. The fourth-order valence-electron chi connectivity index (χ4n) is 3.53. The number of ether oxygens (including phenoxy) is 1. The number of rotatable bonds is 1. The molecule has 3 heterocycles. The predicted molar refractivity (Wildman–Crippen MR) is 86.2 cm³/mol. The first-order chi connectivity index (χ1) is 11.2. The van der Waals surface area contributed by atoms with E-state index in [1.54, 1.807) is 12.4 Å². The number of piperazine rings is 1. The van der Waals surface area contributed by atoms with E-state index in [9.17, 15) is 4.79 Å². The molecule has 1 amide bonds. The van der Waals surface area contributed by atoms with Gasteiger partial charge in [0.2, 0.25) is 0 Å². The molecule has 6 heteroatoms. The molecule has 2 aliphatic heterocycles. The molecule has 2 aliphatic rings. The molecule has 0 bridgehead atoms. The molecule has 0 N–H and O–H groups in total. The Kier molecular flexibility index (Phi) is 3.71. The largest absolute Gasteiger partial charge is 0.378 e. The molecule has 0 radical (unpaired) electrons. The van der Waals surface area contributed by atoms with Gasteiger partial charge in [0.25, 0.3) is 5.91 Å². The third kappa shape index (κ3) is 2.68. The Morgan fingerprint density at radius 3 is 2.87 bits per heavy atom. The van der Waals surface area contributed by atoms with Crippen molar-refractivity contribution in [2.75, 3.05) is 32.8 Å². The number of carbonyl (C=O) groups is 1. The molecule has 0 unspecified atom stereocenters. The van der Waals surface area contributed by atoms with Crippen molar-refractivity contribution in [3.63, 3.8) is 0 Å². The fourth-order valence-corrected chi connectivity index (χ4v) is 3.53. The Bertz CT molecular complexity index is 735.